The Hall–Kier alpha value is -4.18. The Morgan fingerprint density at radius 2 is 1.74 bits per heavy atom. The lowest BCUT2D eigenvalue weighted by Crippen LogP contribution is -2.33. The van der Waals surface area contributed by atoms with Crippen LogP contribution >= 0.6 is 11.3 Å². The molecule has 4 N–H and O–H groups in total. The summed E-state index contributed by atoms with van der Waals surface area (Å²) in [6, 6.07) is 15.3. The van der Waals surface area contributed by atoms with Gasteiger partial charge in [-0.25, -0.2) is 9.78 Å². The van der Waals surface area contributed by atoms with E-state index in [-0.39, 0.29) is 11.6 Å². The molecule has 0 bridgehead atoms. The van der Waals surface area contributed by atoms with Crippen LogP contribution in [-0.2, 0) is 0 Å². The molecule has 0 radical (unpaired) electrons. The van der Waals surface area contributed by atoms with Crippen LogP contribution in [0.25, 0.3) is 10.2 Å². The summed E-state index contributed by atoms with van der Waals surface area (Å²) in [7, 11) is 1.54. The highest BCUT2D eigenvalue weighted by atomic mass is 32.1. The number of carbonyl (C=O) groups excluding carboxylic acids is 2. The van der Waals surface area contributed by atoms with Crippen LogP contribution in [0.15, 0.2) is 66.3 Å². The van der Waals surface area contributed by atoms with Gasteiger partial charge in [0.2, 0.25) is 0 Å². The highest BCUT2D eigenvalue weighted by Crippen LogP contribution is 2.24. The lowest BCUT2D eigenvalue weighted by atomic mass is 10.3. The van der Waals surface area contributed by atoms with Gasteiger partial charge in [0, 0.05) is 25.0 Å². The normalized spacial score (nSPS) is 10.4. The molecule has 0 saturated heterocycles. The number of hydrogen-bond donors (Lipinski definition) is 4. The van der Waals surface area contributed by atoms with Gasteiger partial charge in [0.15, 0.2) is 0 Å². The predicted octanol–water partition coefficient (Wildman–Crippen LogP) is 3.99. The highest BCUT2D eigenvalue weighted by Gasteiger charge is 2.07. The van der Waals surface area contributed by atoms with Gasteiger partial charge in [-0.3, -0.25) is 20.6 Å². The maximum atomic E-state index is 12.1. The maximum absolute atomic E-state index is 12.1. The molecule has 31 heavy (non-hydrogen) atoms. The van der Waals surface area contributed by atoms with Gasteiger partial charge in [0.05, 0.1) is 21.4 Å². The van der Waals surface area contributed by atoms with Crippen molar-refractivity contribution in [3.05, 3.63) is 72.0 Å². The fraction of sp³-hybridized carbons (Fsp3) is 0.0476. The molecule has 0 fully saturated rings. The summed E-state index contributed by atoms with van der Waals surface area (Å²) in [6.07, 6.45) is 1.50. The summed E-state index contributed by atoms with van der Waals surface area (Å²) >= 11 is 1.53. The molecule has 0 saturated carbocycles. The number of aromatic nitrogens is 2. The zero-order valence-electron chi connectivity index (χ0n) is 16.4. The van der Waals surface area contributed by atoms with Gasteiger partial charge in [-0.05, 0) is 48.5 Å². The van der Waals surface area contributed by atoms with Crippen LogP contribution in [-0.4, -0.2) is 29.0 Å². The van der Waals surface area contributed by atoms with Crippen molar-refractivity contribution in [2.45, 2.75) is 0 Å². The number of thiazole rings is 1. The first-order valence-electron chi connectivity index (χ1n) is 9.23. The lowest BCUT2D eigenvalue weighted by Gasteiger charge is -2.11. The number of fused-ring (bicyclic) bond motifs is 1. The van der Waals surface area contributed by atoms with Gasteiger partial charge in [-0.1, -0.05) is 0 Å². The second-order valence-electron chi connectivity index (χ2n) is 6.32. The number of amides is 3. The second-order valence-corrected chi connectivity index (χ2v) is 7.21. The molecule has 0 aliphatic carbocycles. The lowest BCUT2D eigenvalue weighted by molar-refractivity contribution is 0.0958. The fourth-order valence-corrected chi connectivity index (χ4v) is 3.41. The predicted molar refractivity (Wildman–Crippen MR) is 120 cm³/mol. The standard InChI is InChI=1S/C21H18N6O3S/c1-22-20(28)18-11-16(8-9-23-18)30-15-5-2-13(3-6-15)25-21(29)27-26-14-4-7-17-19(10-14)31-12-24-17/h2-12,26H,1H3,(H,22,28)(H2,25,27,29). The first-order valence-corrected chi connectivity index (χ1v) is 10.1. The minimum Gasteiger partial charge on any atom is -0.457 e. The number of carbonyl (C=O) groups is 2. The van der Waals surface area contributed by atoms with Crippen LogP contribution in [0.2, 0.25) is 0 Å². The van der Waals surface area contributed by atoms with E-state index >= 15 is 0 Å². The van der Waals surface area contributed by atoms with Crippen LogP contribution in [0, 0.1) is 0 Å². The van der Waals surface area contributed by atoms with Crippen LogP contribution in [0.3, 0.4) is 0 Å². The van der Waals surface area contributed by atoms with Gasteiger partial charge in [-0.2, -0.15) is 0 Å². The smallest absolute Gasteiger partial charge is 0.337 e. The molecule has 0 aliphatic rings. The Morgan fingerprint density at radius 3 is 2.55 bits per heavy atom. The average Bonchev–Trinajstić information content (AvgIpc) is 3.26. The van der Waals surface area contributed by atoms with Crippen LogP contribution in [0.5, 0.6) is 11.5 Å². The number of hydrogen-bond acceptors (Lipinski definition) is 7. The van der Waals surface area contributed by atoms with Gasteiger partial charge in [0.1, 0.15) is 17.2 Å². The number of nitrogens with one attached hydrogen (secondary N) is 4. The monoisotopic (exact) mass is 434 g/mol. The molecule has 2 aromatic carbocycles. The van der Waals surface area contributed by atoms with E-state index in [1.54, 1.807) is 41.9 Å². The van der Waals surface area contributed by atoms with Crippen molar-refractivity contribution in [3.63, 3.8) is 0 Å². The fourth-order valence-electron chi connectivity index (χ4n) is 2.69. The van der Waals surface area contributed by atoms with Crippen LogP contribution < -0.4 is 26.2 Å². The maximum Gasteiger partial charge on any atom is 0.337 e. The molecule has 4 rings (SSSR count). The van der Waals surface area contributed by atoms with Gasteiger partial charge < -0.3 is 15.4 Å². The molecule has 3 amide bonds. The summed E-state index contributed by atoms with van der Waals surface area (Å²) in [5, 5.41) is 5.24. The SMILES string of the molecule is CNC(=O)c1cc(Oc2ccc(NC(=O)NNc3ccc4ncsc4c3)cc2)ccn1. The van der Waals surface area contributed by atoms with E-state index in [0.29, 0.717) is 17.2 Å². The average molecular weight is 434 g/mol. The number of pyridine rings is 1. The summed E-state index contributed by atoms with van der Waals surface area (Å²) in [5.41, 5.74) is 9.75. The molecule has 0 atom stereocenters. The van der Waals surface area contributed by atoms with E-state index in [1.165, 1.54) is 24.6 Å². The van der Waals surface area contributed by atoms with E-state index in [9.17, 15) is 9.59 Å². The van der Waals surface area contributed by atoms with Crippen LogP contribution in [0.4, 0.5) is 16.2 Å². The minimum atomic E-state index is -0.414. The number of rotatable bonds is 6. The van der Waals surface area contributed by atoms with Gasteiger partial charge in [-0.15, -0.1) is 11.3 Å². The third kappa shape index (κ3) is 5.06. The van der Waals surface area contributed by atoms with Crippen molar-refractivity contribution in [2.75, 3.05) is 17.8 Å². The quantitative estimate of drug-likeness (QED) is 0.341. The first kappa shape index (κ1) is 20.1. The summed E-state index contributed by atoms with van der Waals surface area (Å²) in [6.45, 7) is 0. The molecular weight excluding hydrogens is 416 g/mol. The zero-order chi connectivity index (χ0) is 21.6. The Labute approximate surface area is 181 Å². The Kier molecular flexibility index (Phi) is 5.90. The molecule has 4 aromatic rings. The molecule has 0 unspecified atom stereocenters. The minimum absolute atomic E-state index is 0.261. The third-order valence-corrected chi connectivity index (χ3v) is 4.98. The second kappa shape index (κ2) is 9.09. The Bertz CT molecular complexity index is 1230. The molecular formula is C21H18N6O3S. The number of benzene rings is 2. The number of nitrogens with zero attached hydrogens (tertiary/aromatic N) is 2. The number of hydrazine groups is 1. The van der Waals surface area contributed by atoms with E-state index in [0.717, 1.165) is 15.9 Å². The summed E-state index contributed by atoms with van der Waals surface area (Å²) < 4.78 is 6.77. The molecule has 9 nitrogen and oxygen atoms in total. The van der Waals surface area contributed by atoms with Crippen LogP contribution in [0.1, 0.15) is 10.5 Å². The van der Waals surface area contributed by atoms with Gasteiger partial charge >= 0.3 is 6.03 Å². The molecule has 2 heterocycles. The van der Waals surface area contributed by atoms with Crippen molar-refractivity contribution in [1.29, 1.82) is 0 Å². The Balaban J connectivity index is 1.31. The van der Waals surface area contributed by atoms with E-state index in [2.05, 4.69) is 31.5 Å². The largest absolute Gasteiger partial charge is 0.457 e. The van der Waals surface area contributed by atoms with Crippen molar-refractivity contribution >= 4 is 44.9 Å². The van der Waals surface area contributed by atoms with E-state index in [4.69, 9.17) is 4.74 Å². The van der Waals surface area contributed by atoms with Crippen molar-refractivity contribution in [2.24, 2.45) is 0 Å². The molecule has 0 spiro atoms. The van der Waals surface area contributed by atoms with Crippen molar-refractivity contribution < 1.29 is 14.3 Å². The molecule has 2 aromatic heterocycles. The van der Waals surface area contributed by atoms with Crippen molar-refractivity contribution in [3.8, 4) is 11.5 Å². The van der Waals surface area contributed by atoms with E-state index < -0.39 is 6.03 Å². The highest BCUT2D eigenvalue weighted by molar-refractivity contribution is 7.16. The van der Waals surface area contributed by atoms with Gasteiger partial charge in [0.25, 0.3) is 5.91 Å². The molecule has 0 aliphatic heterocycles. The van der Waals surface area contributed by atoms with Crippen molar-refractivity contribution in [1.82, 2.24) is 20.7 Å². The topological polar surface area (TPSA) is 117 Å². The number of ether oxygens (including phenoxy) is 1. The summed E-state index contributed by atoms with van der Waals surface area (Å²) in [5.74, 6) is 0.738. The number of urea groups is 1. The third-order valence-electron chi connectivity index (χ3n) is 4.19. The molecule has 10 heteroatoms. The first-order chi connectivity index (χ1) is 15.1. The molecule has 156 valence electrons. The van der Waals surface area contributed by atoms with E-state index in [1.807, 2.05) is 18.2 Å². The zero-order valence-corrected chi connectivity index (χ0v) is 17.2. The summed E-state index contributed by atoms with van der Waals surface area (Å²) in [4.78, 5) is 32.0. The number of anilines is 2. The Morgan fingerprint density at radius 1 is 0.935 bits per heavy atom.